The van der Waals surface area contributed by atoms with E-state index in [1.54, 1.807) is 12.3 Å². The second-order valence-corrected chi connectivity index (χ2v) is 4.86. The van der Waals surface area contributed by atoms with Gasteiger partial charge in [-0.1, -0.05) is 11.6 Å². The molecule has 20 heavy (non-hydrogen) atoms. The molecule has 2 aromatic heterocycles. The summed E-state index contributed by atoms with van der Waals surface area (Å²) < 4.78 is 7.02. The molecule has 2 heterocycles. The summed E-state index contributed by atoms with van der Waals surface area (Å²) in [6.45, 7) is 3.95. The standard InChI is InChI=1S/C14H18ClN3O2/c1-2-20-7-3-6-16-14(19)8-12-10-18-9-11(15)4-5-13(18)17-12/h4-5,9-10H,2-3,6-8H2,1H3,(H,16,19). The van der Waals surface area contributed by atoms with Gasteiger partial charge in [0.05, 0.1) is 17.1 Å². The van der Waals surface area contributed by atoms with Gasteiger partial charge in [0.25, 0.3) is 0 Å². The highest BCUT2D eigenvalue weighted by molar-refractivity contribution is 6.30. The molecule has 0 fully saturated rings. The fourth-order valence-electron chi connectivity index (χ4n) is 1.88. The minimum absolute atomic E-state index is 0.0315. The Morgan fingerprint density at radius 2 is 2.30 bits per heavy atom. The molecule has 0 saturated carbocycles. The number of carbonyl (C=O) groups is 1. The average Bonchev–Trinajstić information content (AvgIpc) is 2.79. The molecule has 5 nitrogen and oxygen atoms in total. The number of nitrogens with zero attached hydrogens (tertiary/aromatic N) is 2. The van der Waals surface area contributed by atoms with E-state index in [9.17, 15) is 4.79 Å². The fraction of sp³-hybridized carbons (Fsp3) is 0.429. The van der Waals surface area contributed by atoms with Gasteiger partial charge < -0.3 is 14.5 Å². The van der Waals surface area contributed by atoms with E-state index in [0.29, 0.717) is 24.8 Å². The third-order valence-electron chi connectivity index (χ3n) is 2.80. The highest BCUT2D eigenvalue weighted by Gasteiger charge is 2.07. The average molecular weight is 296 g/mol. The van der Waals surface area contributed by atoms with Crippen LogP contribution in [-0.4, -0.2) is 35.1 Å². The molecule has 0 bridgehead atoms. The maximum absolute atomic E-state index is 11.8. The number of nitrogens with one attached hydrogen (secondary N) is 1. The van der Waals surface area contributed by atoms with E-state index < -0.39 is 0 Å². The number of hydrogen-bond acceptors (Lipinski definition) is 3. The summed E-state index contributed by atoms with van der Waals surface area (Å²) in [6, 6.07) is 3.60. The van der Waals surface area contributed by atoms with Crippen molar-refractivity contribution < 1.29 is 9.53 Å². The van der Waals surface area contributed by atoms with Crippen LogP contribution in [0.5, 0.6) is 0 Å². The first kappa shape index (κ1) is 14.8. The molecule has 0 atom stereocenters. The quantitative estimate of drug-likeness (QED) is 0.796. The molecule has 0 aromatic carbocycles. The number of pyridine rings is 1. The summed E-state index contributed by atoms with van der Waals surface area (Å²) >= 11 is 5.90. The van der Waals surface area contributed by atoms with Crippen molar-refractivity contribution in [2.75, 3.05) is 19.8 Å². The van der Waals surface area contributed by atoms with Gasteiger partial charge in [0.2, 0.25) is 5.91 Å². The number of aromatic nitrogens is 2. The Balaban J connectivity index is 1.83. The van der Waals surface area contributed by atoms with Gasteiger partial charge in [0.1, 0.15) is 5.65 Å². The number of fused-ring (bicyclic) bond motifs is 1. The van der Waals surface area contributed by atoms with E-state index in [1.165, 1.54) is 0 Å². The first-order valence-corrected chi connectivity index (χ1v) is 7.04. The van der Waals surface area contributed by atoms with Crippen LogP contribution >= 0.6 is 11.6 Å². The summed E-state index contributed by atoms with van der Waals surface area (Å²) in [7, 11) is 0. The minimum atomic E-state index is -0.0315. The maximum atomic E-state index is 11.8. The van der Waals surface area contributed by atoms with Crippen LogP contribution in [0, 0.1) is 0 Å². The van der Waals surface area contributed by atoms with E-state index in [1.807, 2.05) is 23.6 Å². The largest absolute Gasteiger partial charge is 0.382 e. The predicted octanol–water partition coefficient (Wildman–Crippen LogP) is 2.07. The summed E-state index contributed by atoms with van der Waals surface area (Å²) in [6.07, 6.45) is 4.68. The van der Waals surface area contributed by atoms with E-state index in [0.717, 1.165) is 17.8 Å². The molecule has 0 unspecified atom stereocenters. The Hall–Kier alpha value is -1.59. The predicted molar refractivity (Wildman–Crippen MR) is 78.0 cm³/mol. The van der Waals surface area contributed by atoms with Crippen LogP contribution in [0.25, 0.3) is 5.65 Å². The number of rotatable bonds is 7. The highest BCUT2D eigenvalue weighted by atomic mass is 35.5. The molecular formula is C14H18ClN3O2. The first-order chi connectivity index (χ1) is 9.69. The summed E-state index contributed by atoms with van der Waals surface area (Å²) in [4.78, 5) is 16.1. The summed E-state index contributed by atoms with van der Waals surface area (Å²) in [5.74, 6) is -0.0315. The van der Waals surface area contributed by atoms with Gasteiger partial charge in [-0.25, -0.2) is 4.98 Å². The molecule has 2 rings (SSSR count). The van der Waals surface area contributed by atoms with E-state index >= 15 is 0 Å². The lowest BCUT2D eigenvalue weighted by atomic mass is 10.3. The molecule has 108 valence electrons. The molecule has 0 spiro atoms. The summed E-state index contributed by atoms with van der Waals surface area (Å²) in [5.41, 5.74) is 1.52. The molecular weight excluding hydrogens is 278 g/mol. The SMILES string of the molecule is CCOCCCNC(=O)Cc1cn2cc(Cl)ccc2n1. The van der Waals surface area contributed by atoms with Crippen molar-refractivity contribution in [3.05, 3.63) is 35.2 Å². The number of carbonyl (C=O) groups excluding carboxylic acids is 1. The lowest BCUT2D eigenvalue weighted by molar-refractivity contribution is -0.120. The minimum Gasteiger partial charge on any atom is -0.382 e. The van der Waals surface area contributed by atoms with Crippen molar-refractivity contribution >= 4 is 23.2 Å². The van der Waals surface area contributed by atoms with Gasteiger partial charge in [0.15, 0.2) is 0 Å². The van der Waals surface area contributed by atoms with Gasteiger partial charge in [-0.05, 0) is 25.5 Å². The Bertz CT molecular complexity index is 583. The molecule has 1 amide bonds. The molecule has 6 heteroatoms. The molecule has 0 saturated heterocycles. The highest BCUT2D eigenvalue weighted by Crippen LogP contribution is 2.11. The second kappa shape index (κ2) is 7.26. The van der Waals surface area contributed by atoms with Crippen LogP contribution in [-0.2, 0) is 16.0 Å². The summed E-state index contributed by atoms with van der Waals surface area (Å²) in [5, 5.41) is 3.49. The van der Waals surface area contributed by atoms with Crippen molar-refractivity contribution in [1.82, 2.24) is 14.7 Å². The van der Waals surface area contributed by atoms with Gasteiger partial charge >= 0.3 is 0 Å². The molecule has 0 aliphatic carbocycles. The molecule has 0 radical (unpaired) electrons. The third kappa shape index (κ3) is 4.21. The van der Waals surface area contributed by atoms with Crippen LogP contribution in [0.1, 0.15) is 19.0 Å². The Morgan fingerprint density at radius 1 is 1.45 bits per heavy atom. The normalized spacial score (nSPS) is 10.9. The molecule has 0 aliphatic heterocycles. The lowest BCUT2D eigenvalue weighted by Crippen LogP contribution is -2.26. The topological polar surface area (TPSA) is 55.6 Å². The zero-order valence-electron chi connectivity index (χ0n) is 11.4. The van der Waals surface area contributed by atoms with Crippen molar-refractivity contribution in [3.8, 4) is 0 Å². The van der Waals surface area contributed by atoms with Crippen LogP contribution in [0.15, 0.2) is 24.5 Å². The lowest BCUT2D eigenvalue weighted by Gasteiger charge is -2.03. The number of ether oxygens (including phenoxy) is 1. The number of amides is 1. The van der Waals surface area contributed by atoms with Crippen LogP contribution in [0.2, 0.25) is 5.02 Å². The third-order valence-corrected chi connectivity index (χ3v) is 3.02. The van der Waals surface area contributed by atoms with Crippen LogP contribution in [0.3, 0.4) is 0 Å². The first-order valence-electron chi connectivity index (χ1n) is 6.66. The zero-order chi connectivity index (χ0) is 14.4. The van der Waals surface area contributed by atoms with Crippen molar-refractivity contribution in [1.29, 1.82) is 0 Å². The van der Waals surface area contributed by atoms with Crippen molar-refractivity contribution in [3.63, 3.8) is 0 Å². The maximum Gasteiger partial charge on any atom is 0.226 e. The van der Waals surface area contributed by atoms with Gasteiger partial charge in [-0.2, -0.15) is 0 Å². The van der Waals surface area contributed by atoms with Crippen LogP contribution < -0.4 is 5.32 Å². The van der Waals surface area contributed by atoms with Crippen molar-refractivity contribution in [2.45, 2.75) is 19.8 Å². The molecule has 2 aromatic rings. The Morgan fingerprint density at radius 3 is 3.10 bits per heavy atom. The van der Waals surface area contributed by atoms with E-state index in [4.69, 9.17) is 16.3 Å². The smallest absolute Gasteiger partial charge is 0.226 e. The number of hydrogen-bond donors (Lipinski definition) is 1. The van der Waals surface area contributed by atoms with Gasteiger partial charge in [0, 0.05) is 32.2 Å². The zero-order valence-corrected chi connectivity index (χ0v) is 12.2. The Labute approximate surface area is 122 Å². The monoisotopic (exact) mass is 295 g/mol. The number of imidazole rings is 1. The Kier molecular flexibility index (Phi) is 5.38. The second-order valence-electron chi connectivity index (χ2n) is 4.42. The van der Waals surface area contributed by atoms with Crippen LogP contribution in [0.4, 0.5) is 0 Å². The van der Waals surface area contributed by atoms with E-state index in [-0.39, 0.29) is 12.3 Å². The fourth-order valence-corrected chi connectivity index (χ4v) is 2.04. The molecule has 1 N–H and O–H groups in total. The number of halogens is 1. The van der Waals surface area contributed by atoms with Gasteiger partial charge in [-0.15, -0.1) is 0 Å². The molecule has 0 aliphatic rings. The van der Waals surface area contributed by atoms with Crippen molar-refractivity contribution in [2.24, 2.45) is 0 Å². The van der Waals surface area contributed by atoms with Gasteiger partial charge in [-0.3, -0.25) is 4.79 Å². The van der Waals surface area contributed by atoms with E-state index in [2.05, 4.69) is 10.3 Å².